The summed E-state index contributed by atoms with van der Waals surface area (Å²) >= 11 is 6.15. The van der Waals surface area contributed by atoms with E-state index in [9.17, 15) is 8.42 Å². The van der Waals surface area contributed by atoms with Crippen molar-refractivity contribution in [3.8, 4) is 0 Å². The highest BCUT2D eigenvalue weighted by Gasteiger charge is 2.28. The SMILES string of the molecule is Cc1cc(S(=O)(=O)N(Cc2ccccn2)Cc2ccccn2)c(C)cc1Cl. The Kier molecular flexibility index (Phi) is 5.89. The van der Waals surface area contributed by atoms with Crippen LogP contribution in [0.2, 0.25) is 5.02 Å². The monoisotopic (exact) mass is 401 g/mol. The van der Waals surface area contributed by atoms with Gasteiger partial charge >= 0.3 is 0 Å². The maximum Gasteiger partial charge on any atom is 0.244 e. The van der Waals surface area contributed by atoms with Gasteiger partial charge in [0.25, 0.3) is 0 Å². The summed E-state index contributed by atoms with van der Waals surface area (Å²) < 4.78 is 28.3. The van der Waals surface area contributed by atoms with Crippen molar-refractivity contribution in [3.05, 3.63) is 88.5 Å². The van der Waals surface area contributed by atoms with Crippen LogP contribution in [0.4, 0.5) is 0 Å². The number of hydrogen-bond acceptors (Lipinski definition) is 4. The Bertz CT molecular complexity index is 984. The van der Waals surface area contributed by atoms with Crippen LogP contribution in [0, 0.1) is 13.8 Å². The number of pyridine rings is 2. The minimum absolute atomic E-state index is 0.154. The Labute approximate surface area is 164 Å². The minimum atomic E-state index is -3.77. The van der Waals surface area contributed by atoms with Crippen LogP contribution in [0.5, 0.6) is 0 Å². The average molecular weight is 402 g/mol. The molecule has 0 saturated heterocycles. The zero-order chi connectivity index (χ0) is 19.4. The van der Waals surface area contributed by atoms with Gasteiger partial charge in [-0.3, -0.25) is 9.97 Å². The Balaban J connectivity index is 2.04. The van der Waals surface area contributed by atoms with E-state index in [1.807, 2.05) is 12.1 Å². The van der Waals surface area contributed by atoms with Crippen LogP contribution in [0.15, 0.2) is 65.8 Å². The quantitative estimate of drug-likeness (QED) is 0.622. The van der Waals surface area contributed by atoms with E-state index in [1.165, 1.54) is 4.31 Å². The zero-order valence-electron chi connectivity index (χ0n) is 15.1. The summed E-state index contributed by atoms with van der Waals surface area (Å²) in [5.74, 6) is 0. The van der Waals surface area contributed by atoms with Crippen molar-refractivity contribution in [2.24, 2.45) is 0 Å². The molecule has 5 nitrogen and oxygen atoms in total. The number of aromatic nitrogens is 2. The van der Waals surface area contributed by atoms with Gasteiger partial charge in [-0.1, -0.05) is 23.7 Å². The molecule has 1 aromatic carbocycles. The molecule has 7 heteroatoms. The third-order valence-electron chi connectivity index (χ3n) is 4.20. The minimum Gasteiger partial charge on any atom is -0.260 e. The molecule has 140 valence electrons. The largest absolute Gasteiger partial charge is 0.260 e. The molecule has 0 unspecified atom stereocenters. The number of rotatable bonds is 6. The van der Waals surface area contributed by atoms with Gasteiger partial charge in [0.05, 0.1) is 29.4 Å². The first-order valence-corrected chi connectivity index (χ1v) is 10.3. The van der Waals surface area contributed by atoms with Crippen molar-refractivity contribution in [3.63, 3.8) is 0 Å². The summed E-state index contributed by atoms with van der Waals surface area (Å²) in [5, 5.41) is 0.549. The predicted molar refractivity (Wildman–Crippen MR) is 106 cm³/mol. The molecular weight excluding hydrogens is 382 g/mol. The van der Waals surface area contributed by atoms with E-state index in [4.69, 9.17) is 11.6 Å². The second-order valence-electron chi connectivity index (χ2n) is 6.28. The highest BCUT2D eigenvalue weighted by molar-refractivity contribution is 7.89. The summed E-state index contributed by atoms with van der Waals surface area (Å²) in [7, 11) is -3.77. The van der Waals surface area contributed by atoms with Crippen LogP contribution in [0.25, 0.3) is 0 Å². The standard InChI is InChI=1S/C20H20ClN3O2S/c1-15-12-20(16(2)11-19(15)21)27(25,26)24(13-17-7-3-5-9-22-17)14-18-8-4-6-10-23-18/h3-12H,13-14H2,1-2H3. The molecule has 2 heterocycles. The van der Waals surface area contributed by atoms with Crippen molar-refractivity contribution >= 4 is 21.6 Å². The average Bonchev–Trinajstić information content (AvgIpc) is 2.66. The molecule has 0 fully saturated rings. The molecule has 0 bridgehead atoms. The first kappa shape index (κ1) is 19.5. The van der Waals surface area contributed by atoms with E-state index in [0.29, 0.717) is 22.0 Å². The molecule has 27 heavy (non-hydrogen) atoms. The summed E-state index contributed by atoms with van der Waals surface area (Å²) in [6, 6.07) is 14.2. The zero-order valence-corrected chi connectivity index (χ0v) is 16.7. The van der Waals surface area contributed by atoms with Gasteiger partial charge in [0, 0.05) is 17.4 Å². The van der Waals surface area contributed by atoms with Crippen LogP contribution >= 0.6 is 11.6 Å². The Morgan fingerprint density at radius 1 is 0.889 bits per heavy atom. The molecule has 0 aliphatic carbocycles. The molecule has 3 aromatic rings. The smallest absolute Gasteiger partial charge is 0.244 e. The van der Waals surface area contributed by atoms with Crippen LogP contribution in [0.1, 0.15) is 22.5 Å². The molecular formula is C20H20ClN3O2S. The molecule has 0 radical (unpaired) electrons. The van der Waals surface area contributed by atoms with Crippen molar-refractivity contribution in [2.75, 3.05) is 0 Å². The van der Waals surface area contributed by atoms with Gasteiger partial charge in [0.1, 0.15) is 0 Å². The summed E-state index contributed by atoms with van der Waals surface area (Å²) in [6.45, 7) is 3.85. The number of aryl methyl sites for hydroxylation is 2. The lowest BCUT2D eigenvalue weighted by atomic mass is 10.2. The maximum atomic E-state index is 13.5. The summed E-state index contributed by atoms with van der Waals surface area (Å²) in [6.07, 6.45) is 3.30. The van der Waals surface area contributed by atoms with E-state index in [0.717, 1.165) is 5.56 Å². The van der Waals surface area contributed by atoms with Gasteiger partial charge in [-0.25, -0.2) is 8.42 Å². The second-order valence-corrected chi connectivity index (χ2v) is 8.60. The van der Waals surface area contributed by atoms with Gasteiger partial charge < -0.3 is 0 Å². The summed E-state index contributed by atoms with van der Waals surface area (Å²) in [4.78, 5) is 8.79. The maximum absolute atomic E-state index is 13.5. The lowest BCUT2D eigenvalue weighted by molar-refractivity contribution is 0.392. The molecule has 0 aliphatic heterocycles. The molecule has 0 amide bonds. The Morgan fingerprint density at radius 3 is 1.93 bits per heavy atom. The summed E-state index contributed by atoms with van der Waals surface area (Å²) in [5.41, 5.74) is 2.66. The highest BCUT2D eigenvalue weighted by atomic mass is 35.5. The van der Waals surface area contributed by atoms with Crippen LogP contribution in [0.3, 0.4) is 0 Å². The van der Waals surface area contributed by atoms with Crippen molar-refractivity contribution < 1.29 is 8.42 Å². The second kappa shape index (κ2) is 8.17. The number of halogens is 1. The van der Waals surface area contributed by atoms with Gasteiger partial charge in [0.15, 0.2) is 0 Å². The lowest BCUT2D eigenvalue weighted by Gasteiger charge is -2.23. The predicted octanol–water partition coefficient (Wildman–Crippen LogP) is 4.14. The van der Waals surface area contributed by atoms with Crippen molar-refractivity contribution in [2.45, 2.75) is 31.8 Å². The normalized spacial score (nSPS) is 11.7. The van der Waals surface area contributed by atoms with E-state index in [2.05, 4.69) is 9.97 Å². The number of hydrogen-bond donors (Lipinski definition) is 0. The van der Waals surface area contributed by atoms with Gasteiger partial charge in [-0.15, -0.1) is 0 Å². The fraction of sp³-hybridized carbons (Fsp3) is 0.200. The van der Waals surface area contributed by atoms with Crippen LogP contribution in [-0.4, -0.2) is 22.7 Å². The molecule has 0 spiro atoms. The van der Waals surface area contributed by atoms with Crippen molar-refractivity contribution in [1.29, 1.82) is 0 Å². The highest BCUT2D eigenvalue weighted by Crippen LogP contribution is 2.27. The third kappa shape index (κ3) is 4.53. The van der Waals surface area contributed by atoms with E-state index < -0.39 is 10.0 Å². The van der Waals surface area contributed by atoms with Gasteiger partial charge in [0.2, 0.25) is 10.0 Å². The molecule has 0 atom stereocenters. The third-order valence-corrected chi connectivity index (χ3v) is 6.54. The molecule has 2 aromatic heterocycles. The van der Waals surface area contributed by atoms with Gasteiger partial charge in [-0.2, -0.15) is 4.31 Å². The number of nitrogens with zero attached hydrogens (tertiary/aromatic N) is 3. The van der Waals surface area contributed by atoms with Crippen molar-refractivity contribution in [1.82, 2.24) is 14.3 Å². The van der Waals surface area contributed by atoms with E-state index in [1.54, 1.807) is 62.6 Å². The Hall–Kier alpha value is -2.28. The fourth-order valence-electron chi connectivity index (χ4n) is 2.74. The van der Waals surface area contributed by atoms with E-state index in [-0.39, 0.29) is 18.0 Å². The Morgan fingerprint density at radius 2 is 1.44 bits per heavy atom. The number of sulfonamides is 1. The van der Waals surface area contributed by atoms with Gasteiger partial charge in [-0.05, 0) is 61.4 Å². The molecule has 0 aliphatic rings. The molecule has 0 N–H and O–H groups in total. The topological polar surface area (TPSA) is 63.2 Å². The molecule has 3 rings (SSSR count). The van der Waals surface area contributed by atoms with Crippen LogP contribution < -0.4 is 0 Å². The lowest BCUT2D eigenvalue weighted by Crippen LogP contribution is -2.31. The first-order chi connectivity index (χ1) is 12.9. The first-order valence-electron chi connectivity index (χ1n) is 8.44. The number of benzene rings is 1. The van der Waals surface area contributed by atoms with E-state index >= 15 is 0 Å². The molecule has 0 saturated carbocycles. The fourth-order valence-corrected chi connectivity index (χ4v) is 4.63. The van der Waals surface area contributed by atoms with Crippen LogP contribution in [-0.2, 0) is 23.1 Å².